The van der Waals surface area contributed by atoms with Gasteiger partial charge in [0.2, 0.25) is 0 Å². The highest BCUT2D eigenvalue weighted by atomic mass is 32.1. The predicted octanol–water partition coefficient (Wildman–Crippen LogP) is 4.26. The molecule has 9 heteroatoms. The van der Waals surface area contributed by atoms with E-state index in [1.54, 1.807) is 11.3 Å². The first-order valence-electron chi connectivity index (χ1n) is 7.80. The molecule has 4 nitrogen and oxygen atoms in total. The van der Waals surface area contributed by atoms with Gasteiger partial charge in [-0.25, -0.2) is 9.98 Å². The Bertz CT molecular complexity index is 691. The number of nitrogens with zero attached hydrogens (tertiary/aromatic N) is 2. The Kier molecular flexibility index (Phi) is 6.45. The second-order valence-corrected chi connectivity index (χ2v) is 7.92. The van der Waals surface area contributed by atoms with Gasteiger partial charge < -0.3 is 10.6 Å². The van der Waals surface area contributed by atoms with Crippen LogP contribution in [0.5, 0.6) is 0 Å². The Morgan fingerprint density at radius 3 is 2.56 bits per heavy atom. The van der Waals surface area contributed by atoms with Crippen molar-refractivity contribution in [3.8, 4) is 0 Å². The van der Waals surface area contributed by atoms with Crippen LogP contribution in [0.15, 0.2) is 27.9 Å². The SMILES string of the molecule is CCNC(=NCc1nc(C(F)(F)F)cs1)NCC(C)(C)c1cccs1. The zero-order valence-corrected chi connectivity index (χ0v) is 15.9. The average molecular weight is 391 g/mol. The molecular weight excluding hydrogens is 369 g/mol. The maximum absolute atomic E-state index is 12.6. The summed E-state index contributed by atoms with van der Waals surface area (Å²) in [6.45, 7) is 7.63. The third-order valence-corrected chi connectivity index (χ3v) is 5.51. The third kappa shape index (κ3) is 5.71. The number of hydrogen-bond donors (Lipinski definition) is 2. The van der Waals surface area contributed by atoms with Crippen LogP contribution in [-0.2, 0) is 18.1 Å². The van der Waals surface area contributed by atoms with E-state index >= 15 is 0 Å². The summed E-state index contributed by atoms with van der Waals surface area (Å²) in [4.78, 5) is 9.19. The van der Waals surface area contributed by atoms with Gasteiger partial charge in [0.1, 0.15) is 5.01 Å². The molecule has 0 saturated heterocycles. The lowest BCUT2D eigenvalue weighted by atomic mass is 9.91. The fourth-order valence-corrected chi connectivity index (χ4v) is 3.63. The average Bonchev–Trinajstić information content (AvgIpc) is 3.20. The largest absolute Gasteiger partial charge is 0.434 e. The van der Waals surface area contributed by atoms with Gasteiger partial charge in [0, 0.05) is 28.8 Å². The minimum absolute atomic E-state index is 0.0744. The molecular formula is C16H21F3N4S2. The van der Waals surface area contributed by atoms with Crippen LogP contribution in [0.2, 0.25) is 0 Å². The molecule has 0 aliphatic carbocycles. The summed E-state index contributed by atoms with van der Waals surface area (Å²) >= 11 is 2.66. The quantitative estimate of drug-likeness (QED) is 0.572. The highest BCUT2D eigenvalue weighted by Gasteiger charge is 2.33. The topological polar surface area (TPSA) is 49.3 Å². The zero-order chi connectivity index (χ0) is 18.5. The smallest absolute Gasteiger partial charge is 0.357 e. The molecule has 0 bridgehead atoms. The molecule has 0 atom stereocenters. The summed E-state index contributed by atoms with van der Waals surface area (Å²) in [7, 11) is 0. The molecule has 138 valence electrons. The van der Waals surface area contributed by atoms with Crippen molar-refractivity contribution in [3.63, 3.8) is 0 Å². The Morgan fingerprint density at radius 2 is 2.00 bits per heavy atom. The molecule has 2 rings (SSSR count). The van der Waals surface area contributed by atoms with Crippen LogP contribution in [0.3, 0.4) is 0 Å². The van der Waals surface area contributed by atoms with E-state index in [4.69, 9.17) is 0 Å². The molecule has 25 heavy (non-hydrogen) atoms. The number of rotatable bonds is 6. The molecule has 0 fully saturated rings. The number of alkyl halides is 3. The molecule has 0 radical (unpaired) electrons. The maximum atomic E-state index is 12.6. The van der Waals surface area contributed by atoms with Crippen LogP contribution in [0, 0.1) is 0 Å². The van der Waals surface area contributed by atoms with Crippen molar-refractivity contribution in [2.45, 2.75) is 38.9 Å². The maximum Gasteiger partial charge on any atom is 0.434 e. The highest BCUT2D eigenvalue weighted by Crippen LogP contribution is 2.30. The van der Waals surface area contributed by atoms with E-state index in [2.05, 4.69) is 40.5 Å². The summed E-state index contributed by atoms with van der Waals surface area (Å²) in [6, 6.07) is 4.10. The third-order valence-electron chi connectivity index (χ3n) is 3.44. The number of halogens is 3. The molecule has 2 N–H and O–H groups in total. The minimum Gasteiger partial charge on any atom is -0.357 e. The second-order valence-electron chi connectivity index (χ2n) is 6.03. The molecule has 2 aromatic rings. The van der Waals surface area contributed by atoms with Crippen molar-refractivity contribution >= 4 is 28.6 Å². The van der Waals surface area contributed by atoms with Gasteiger partial charge in [-0.3, -0.25) is 0 Å². The minimum atomic E-state index is -4.41. The lowest BCUT2D eigenvalue weighted by Crippen LogP contribution is -2.43. The summed E-state index contributed by atoms with van der Waals surface area (Å²) < 4.78 is 37.8. The molecule has 0 aliphatic rings. The van der Waals surface area contributed by atoms with Crippen LogP contribution in [0.1, 0.15) is 36.3 Å². The van der Waals surface area contributed by atoms with E-state index in [1.165, 1.54) is 4.88 Å². The predicted molar refractivity (Wildman–Crippen MR) is 97.3 cm³/mol. The normalized spacial score (nSPS) is 13.1. The fourth-order valence-electron chi connectivity index (χ4n) is 2.06. The monoisotopic (exact) mass is 390 g/mol. The van der Waals surface area contributed by atoms with Gasteiger partial charge in [0.05, 0.1) is 6.54 Å². The van der Waals surface area contributed by atoms with Crippen molar-refractivity contribution in [1.82, 2.24) is 15.6 Å². The highest BCUT2D eigenvalue weighted by molar-refractivity contribution is 7.10. The van der Waals surface area contributed by atoms with Crippen molar-refractivity contribution < 1.29 is 13.2 Å². The molecule has 0 aromatic carbocycles. The van der Waals surface area contributed by atoms with E-state index in [0.29, 0.717) is 24.1 Å². The Labute approximate surface area is 153 Å². The molecule has 2 aromatic heterocycles. The van der Waals surface area contributed by atoms with Crippen LogP contribution in [-0.4, -0.2) is 24.0 Å². The van der Waals surface area contributed by atoms with E-state index < -0.39 is 11.9 Å². The van der Waals surface area contributed by atoms with Gasteiger partial charge in [-0.2, -0.15) is 13.2 Å². The molecule has 0 spiro atoms. The Hall–Kier alpha value is -1.61. The Morgan fingerprint density at radius 1 is 1.24 bits per heavy atom. The zero-order valence-electron chi connectivity index (χ0n) is 14.3. The van der Waals surface area contributed by atoms with Crippen LogP contribution in [0.25, 0.3) is 0 Å². The van der Waals surface area contributed by atoms with E-state index in [-0.39, 0.29) is 12.0 Å². The van der Waals surface area contributed by atoms with Crippen molar-refractivity contribution in [1.29, 1.82) is 0 Å². The van der Waals surface area contributed by atoms with Crippen LogP contribution < -0.4 is 10.6 Å². The summed E-state index contributed by atoms with van der Waals surface area (Å²) in [5.74, 6) is 0.566. The number of hydrogen-bond acceptors (Lipinski definition) is 4. The number of thiazole rings is 1. The first-order chi connectivity index (χ1) is 11.7. The van der Waals surface area contributed by atoms with Gasteiger partial charge in [-0.15, -0.1) is 22.7 Å². The van der Waals surface area contributed by atoms with Crippen molar-refractivity contribution in [3.05, 3.63) is 38.5 Å². The van der Waals surface area contributed by atoms with Crippen LogP contribution >= 0.6 is 22.7 Å². The lowest BCUT2D eigenvalue weighted by molar-refractivity contribution is -0.140. The lowest BCUT2D eigenvalue weighted by Gasteiger charge is -2.25. The van der Waals surface area contributed by atoms with Gasteiger partial charge in [-0.1, -0.05) is 19.9 Å². The number of aromatic nitrogens is 1. The van der Waals surface area contributed by atoms with Crippen molar-refractivity contribution in [2.24, 2.45) is 4.99 Å². The molecule has 0 unspecified atom stereocenters. The van der Waals surface area contributed by atoms with E-state index in [1.807, 2.05) is 18.4 Å². The number of nitrogens with one attached hydrogen (secondary N) is 2. The Balaban J connectivity index is 2.00. The van der Waals surface area contributed by atoms with Crippen molar-refractivity contribution in [2.75, 3.05) is 13.1 Å². The van der Waals surface area contributed by atoms with Gasteiger partial charge in [0.25, 0.3) is 0 Å². The first-order valence-corrected chi connectivity index (χ1v) is 9.56. The molecule has 0 amide bonds. The molecule has 2 heterocycles. The van der Waals surface area contributed by atoms with Gasteiger partial charge >= 0.3 is 6.18 Å². The summed E-state index contributed by atoms with van der Waals surface area (Å²) in [5.41, 5.74) is -0.936. The van der Waals surface area contributed by atoms with Gasteiger partial charge in [0.15, 0.2) is 11.7 Å². The number of aliphatic imine (C=N–C) groups is 1. The van der Waals surface area contributed by atoms with E-state index in [0.717, 1.165) is 16.7 Å². The first kappa shape index (κ1) is 19.7. The van der Waals surface area contributed by atoms with Gasteiger partial charge in [-0.05, 0) is 18.4 Å². The van der Waals surface area contributed by atoms with E-state index in [9.17, 15) is 13.2 Å². The molecule has 0 aliphatic heterocycles. The molecule has 0 saturated carbocycles. The second kappa shape index (κ2) is 8.18. The fraction of sp³-hybridized carbons (Fsp3) is 0.500. The standard InChI is InChI=1S/C16H21F3N4S2/c1-4-20-14(22-10-15(2,3)12-6-5-7-24-12)21-8-13-23-11(9-25-13)16(17,18)19/h5-7,9H,4,8,10H2,1-3H3,(H2,20,21,22). The van der Waals surface area contributed by atoms with Crippen LogP contribution in [0.4, 0.5) is 13.2 Å². The summed E-state index contributed by atoms with van der Waals surface area (Å²) in [6.07, 6.45) is -4.41. The summed E-state index contributed by atoms with van der Waals surface area (Å²) in [5, 5.41) is 9.75. The number of guanidine groups is 1. The number of thiophene rings is 1.